The molecule has 0 unspecified atom stereocenters. The van der Waals surface area contributed by atoms with Crippen LogP contribution in [0.5, 0.6) is 0 Å². The highest BCUT2D eigenvalue weighted by Crippen LogP contribution is 2.24. The monoisotopic (exact) mass is 293 g/mol. The molecule has 6 nitrogen and oxygen atoms in total. The normalized spacial score (nSPS) is 23.4. The highest BCUT2D eigenvalue weighted by atomic mass is 32.1. The fourth-order valence-corrected chi connectivity index (χ4v) is 3.45. The summed E-state index contributed by atoms with van der Waals surface area (Å²) in [6, 6.07) is 1.82. The van der Waals surface area contributed by atoms with E-state index in [1.54, 1.807) is 0 Å². The smallest absolute Gasteiger partial charge is 0.308 e. The van der Waals surface area contributed by atoms with Gasteiger partial charge in [-0.05, 0) is 17.4 Å². The molecular formula is C13H15N3O3S. The number of carboxylic acids is 1. The van der Waals surface area contributed by atoms with Crippen LogP contribution in [0.3, 0.4) is 0 Å². The molecule has 106 valence electrons. The quantitative estimate of drug-likeness (QED) is 0.886. The molecule has 0 amide bonds. The summed E-state index contributed by atoms with van der Waals surface area (Å²) < 4.78 is 0.631. The number of aromatic nitrogens is 2. The van der Waals surface area contributed by atoms with Crippen LogP contribution in [0.25, 0.3) is 10.2 Å². The van der Waals surface area contributed by atoms with E-state index in [-0.39, 0.29) is 17.4 Å². The summed E-state index contributed by atoms with van der Waals surface area (Å²) in [5.41, 5.74) is 0.581. The summed E-state index contributed by atoms with van der Waals surface area (Å²) in [6.07, 6.45) is 0. The molecule has 1 aliphatic heterocycles. The van der Waals surface area contributed by atoms with E-state index < -0.39 is 5.97 Å². The fourth-order valence-electron chi connectivity index (χ4n) is 2.73. The van der Waals surface area contributed by atoms with Gasteiger partial charge in [-0.1, -0.05) is 6.92 Å². The van der Waals surface area contributed by atoms with E-state index >= 15 is 0 Å². The minimum absolute atomic E-state index is 0.115. The second-order valence-corrected chi connectivity index (χ2v) is 6.18. The molecule has 3 rings (SSSR count). The maximum absolute atomic E-state index is 11.9. The number of hydrogen-bond donors (Lipinski definition) is 2. The molecule has 2 aromatic rings. The Hall–Kier alpha value is -1.73. The fraction of sp³-hybridized carbons (Fsp3) is 0.462. The standard InChI is InChI=1S/C13H15N3O3S/c1-7-4-16(5-8(7)13(18)19)6-10-14-9-2-3-20-11(9)12(17)15-10/h2-3,7-8H,4-6H2,1H3,(H,18,19)(H,14,15,17)/t7-,8-/m1/s1. The Morgan fingerprint density at radius 2 is 2.40 bits per heavy atom. The lowest BCUT2D eigenvalue weighted by Gasteiger charge is -2.14. The molecule has 1 fully saturated rings. The van der Waals surface area contributed by atoms with E-state index in [9.17, 15) is 9.59 Å². The van der Waals surface area contributed by atoms with Crippen LogP contribution in [0.1, 0.15) is 12.7 Å². The maximum Gasteiger partial charge on any atom is 0.308 e. The van der Waals surface area contributed by atoms with E-state index in [0.717, 1.165) is 0 Å². The predicted octanol–water partition coefficient (Wildman–Crippen LogP) is 1.14. The molecule has 0 saturated carbocycles. The van der Waals surface area contributed by atoms with Gasteiger partial charge in [0.25, 0.3) is 5.56 Å². The molecule has 2 N–H and O–H groups in total. The van der Waals surface area contributed by atoms with E-state index in [0.29, 0.717) is 35.7 Å². The minimum Gasteiger partial charge on any atom is -0.481 e. The van der Waals surface area contributed by atoms with Gasteiger partial charge in [-0.2, -0.15) is 0 Å². The molecule has 0 spiro atoms. The number of nitrogens with one attached hydrogen (secondary N) is 1. The average molecular weight is 293 g/mol. The molecule has 0 bridgehead atoms. The Balaban J connectivity index is 1.80. The molecule has 20 heavy (non-hydrogen) atoms. The lowest BCUT2D eigenvalue weighted by molar-refractivity contribution is -0.142. The van der Waals surface area contributed by atoms with Crippen LogP contribution in [-0.2, 0) is 11.3 Å². The maximum atomic E-state index is 11.9. The Labute approximate surface area is 119 Å². The molecule has 0 radical (unpaired) electrons. The molecule has 2 aromatic heterocycles. The number of hydrogen-bond acceptors (Lipinski definition) is 5. The number of nitrogens with zero attached hydrogens (tertiary/aromatic N) is 2. The zero-order chi connectivity index (χ0) is 14.3. The van der Waals surface area contributed by atoms with Crippen molar-refractivity contribution in [3.8, 4) is 0 Å². The summed E-state index contributed by atoms with van der Waals surface area (Å²) in [4.78, 5) is 32.2. The largest absolute Gasteiger partial charge is 0.481 e. The van der Waals surface area contributed by atoms with Gasteiger partial charge in [0.2, 0.25) is 0 Å². The molecular weight excluding hydrogens is 278 g/mol. The Kier molecular flexibility index (Phi) is 3.31. The van der Waals surface area contributed by atoms with Crippen molar-refractivity contribution in [1.29, 1.82) is 0 Å². The van der Waals surface area contributed by atoms with E-state index in [1.807, 2.05) is 23.3 Å². The van der Waals surface area contributed by atoms with Crippen LogP contribution >= 0.6 is 11.3 Å². The first-order chi connectivity index (χ1) is 9.54. The van der Waals surface area contributed by atoms with Crippen molar-refractivity contribution in [2.75, 3.05) is 13.1 Å². The number of aromatic amines is 1. The molecule has 3 heterocycles. The van der Waals surface area contributed by atoms with Gasteiger partial charge in [-0.25, -0.2) is 4.98 Å². The first-order valence-corrected chi connectivity index (χ1v) is 7.34. The second-order valence-electron chi connectivity index (χ2n) is 5.26. The van der Waals surface area contributed by atoms with Crippen molar-refractivity contribution in [2.24, 2.45) is 11.8 Å². The van der Waals surface area contributed by atoms with Crippen LogP contribution in [0.4, 0.5) is 0 Å². The van der Waals surface area contributed by atoms with Crippen LogP contribution < -0.4 is 5.56 Å². The molecule has 0 aromatic carbocycles. The van der Waals surface area contributed by atoms with E-state index in [2.05, 4.69) is 9.97 Å². The number of carbonyl (C=O) groups is 1. The van der Waals surface area contributed by atoms with Crippen molar-refractivity contribution in [3.63, 3.8) is 0 Å². The van der Waals surface area contributed by atoms with Gasteiger partial charge in [-0.15, -0.1) is 11.3 Å². The van der Waals surface area contributed by atoms with Gasteiger partial charge >= 0.3 is 5.97 Å². The van der Waals surface area contributed by atoms with Gasteiger partial charge < -0.3 is 10.1 Å². The summed E-state index contributed by atoms with van der Waals surface area (Å²) >= 11 is 1.37. The number of thiophene rings is 1. The lowest BCUT2D eigenvalue weighted by Crippen LogP contribution is -2.25. The van der Waals surface area contributed by atoms with Crippen molar-refractivity contribution < 1.29 is 9.90 Å². The van der Waals surface area contributed by atoms with E-state index in [1.165, 1.54) is 11.3 Å². The zero-order valence-corrected chi connectivity index (χ0v) is 11.8. The SMILES string of the molecule is C[C@@H]1CN(Cc2nc3ccsc3c(=O)[nH]2)C[C@H]1C(=O)O. The van der Waals surface area contributed by atoms with Gasteiger partial charge in [0.15, 0.2) is 0 Å². The van der Waals surface area contributed by atoms with Gasteiger partial charge in [0.1, 0.15) is 10.5 Å². The van der Waals surface area contributed by atoms with Crippen molar-refractivity contribution >= 4 is 27.5 Å². The molecule has 1 aliphatic rings. The number of carboxylic acid groups (broad SMARTS) is 1. The third-order valence-electron chi connectivity index (χ3n) is 3.74. The molecule has 1 saturated heterocycles. The average Bonchev–Trinajstić information content (AvgIpc) is 2.96. The minimum atomic E-state index is -0.755. The Morgan fingerprint density at radius 3 is 3.10 bits per heavy atom. The lowest BCUT2D eigenvalue weighted by atomic mass is 9.99. The number of H-pyrrole nitrogens is 1. The summed E-state index contributed by atoms with van der Waals surface area (Å²) in [5, 5.41) is 11.0. The van der Waals surface area contributed by atoms with Crippen LogP contribution in [-0.4, -0.2) is 39.0 Å². The predicted molar refractivity (Wildman–Crippen MR) is 75.8 cm³/mol. The number of likely N-dealkylation sites (tertiary alicyclic amines) is 1. The van der Waals surface area contributed by atoms with Gasteiger partial charge in [0, 0.05) is 13.1 Å². The molecule has 0 aliphatic carbocycles. The molecule has 7 heteroatoms. The Bertz CT molecular complexity index is 708. The molecule has 2 atom stereocenters. The second kappa shape index (κ2) is 4.99. The summed E-state index contributed by atoms with van der Waals surface area (Å²) in [7, 11) is 0. The topological polar surface area (TPSA) is 86.3 Å². The van der Waals surface area contributed by atoms with Gasteiger partial charge in [-0.3, -0.25) is 14.5 Å². The number of aliphatic carboxylic acids is 1. The third kappa shape index (κ3) is 2.34. The van der Waals surface area contributed by atoms with Crippen molar-refractivity contribution in [2.45, 2.75) is 13.5 Å². The highest BCUT2D eigenvalue weighted by Gasteiger charge is 2.34. The summed E-state index contributed by atoms with van der Waals surface area (Å²) in [6.45, 7) is 3.64. The zero-order valence-electron chi connectivity index (χ0n) is 11.0. The van der Waals surface area contributed by atoms with Crippen LogP contribution in [0, 0.1) is 11.8 Å². The van der Waals surface area contributed by atoms with Crippen LogP contribution in [0.2, 0.25) is 0 Å². The van der Waals surface area contributed by atoms with E-state index in [4.69, 9.17) is 5.11 Å². The van der Waals surface area contributed by atoms with Gasteiger partial charge in [0.05, 0.1) is 18.0 Å². The number of rotatable bonds is 3. The first kappa shape index (κ1) is 13.3. The Morgan fingerprint density at radius 1 is 1.60 bits per heavy atom. The highest BCUT2D eigenvalue weighted by molar-refractivity contribution is 7.17. The van der Waals surface area contributed by atoms with Crippen molar-refractivity contribution in [1.82, 2.24) is 14.9 Å². The van der Waals surface area contributed by atoms with Crippen LogP contribution in [0.15, 0.2) is 16.2 Å². The summed E-state index contributed by atoms with van der Waals surface area (Å²) in [5.74, 6) is -0.385. The third-order valence-corrected chi connectivity index (χ3v) is 4.64. The first-order valence-electron chi connectivity index (χ1n) is 6.46. The number of fused-ring (bicyclic) bond motifs is 1. The van der Waals surface area contributed by atoms with Crippen molar-refractivity contribution in [3.05, 3.63) is 27.6 Å².